The van der Waals surface area contributed by atoms with Gasteiger partial charge in [0.1, 0.15) is 12.6 Å². The number of amides is 2. The summed E-state index contributed by atoms with van der Waals surface area (Å²) in [5, 5.41) is 13.1. The van der Waals surface area contributed by atoms with E-state index in [0.717, 1.165) is 4.48 Å². The van der Waals surface area contributed by atoms with Gasteiger partial charge >= 0.3 is 18.2 Å². The molecule has 1 aliphatic rings. The molecule has 7 nitrogen and oxygen atoms in total. The number of halogens is 4. The van der Waals surface area contributed by atoms with Gasteiger partial charge in [0, 0.05) is 11.0 Å². The quantitative estimate of drug-likeness (QED) is 0.611. The molecule has 0 bridgehead atoms. The van der Waals surface area contributed by atoms with Gasteiger partial charge in [0.25, 0.3) is 0 Å². The highest BCUT2D eigenvalue weighted by Gasteiger charge is 2.40. The lowest BCUT2D eigenvalue weighted by Gasteiger charge is -2.11. The van der Waals surface area contributed by atoms with E-state index in [1.165, 1.54) is 0 Å². The molecule has 0 spiro atoms. The van der Waals surface area contributed by atoms with Crippen LogP contribution in [-0.2, 0) is 20.9 Å². The Kier molecular flexibility index (Phi) is 8.79. The monoisotopic (exact) mass is 452 g/mol. The average Bonchev–Trinajstić information content (AvgIpc) is 2.75. The van der Waals surface area contributed by atoms with Crippen LogP contribution in [0.3, 0.4) is 0 Å². The first-order chi connectivity index (χ1) is 12.6. The first-order valence-electron chi connectivity index (χ1n) is 7.49. The van der Waals surface area contributed by atoms with Crippen molar-refractivity contribution < 1.29 is 37.4 Å². The normalized spacial score (nSPS) is 16.7. The SMILES string of the molecule is O=C(O)N[C@@H]1CC=C(Br)CNC1=O.O=C(OCc1ccccc1)C(F)(F)F. The van der Waals surface area contributed by atoms with Crippen LogP contribution >= 0.6 is 15.9 Å². The van der Waals surface area contributed by atoms with Gasteiger partial charge in [-0.15, -0.1) is 0 Å². The Balaban J connectivity index is 0.000000271. The van der Waals surface area contributed by atoms with E-state index in [-0.39, 0.29) is 12.5 Å². The summed E-state index contributed by atoms with van der Waals surface area (Å²) in [5.41, 5.74) is 0.519. The Labute approximate surface area is 160 Å². The number of hydrogen-bond acceptors (Lipinski definition) is 4. The summed E-state index contributed by atoms with van der Waals surface area (Å²) in [7, 11) is 0. The fourth-order valence-corrected chi connectivity index (χ4v) is 2.13. The van der Waals surface area contributed by atoms with E-state index in [1.54, 1.807) is 36.4 Å². The molecule has 2 amide bonds. The molecule has 0 unspecified atom stereocenters. The summed E-state index contributed by atoms with van der Waals surface area (Å²) in [4.78, 5) is 31.8. The number of esters is 1. The van der Waals surface area contributed by atoms with Crippen molar-refractivity contribution in [3.8, 4) is 0 Å². The van der Waals surface area contributed by atoms with Gasteiger partial charge < -0.3 is 20.5 Å². The van der Waals surface area contributed by atoms with Gasteiger partial charge in [-0.1, -0.05) is 52.3 Å². The average molecular weight is 453 g/mol. The number of carbonyl (C=O) groups excluding carboxylic acids is 2. The molecule has 0 aromatic heterocycles. The van der Waals surface area contributed by atoms with E-state index < -0.39 is 24.3 Å². The molecule has 148 valence electrons. The molecule has 2 rings (SSSR count). The molecule has 1 aromatic carbocycles. The van der Waals surface area contributed by atoms with Crippen LogP contribution in [0.5, 0.6) is 0 Å². The highest BCUT2D eigenvalue weighted by Crippen LogP contribution is 2.17. The molecule has 0 aliphatic carbocycles. The second-order valence-corrected chi connectivity index (χ2v) is 6.18. The number of nitrogens with one attached hydrogen (secondary N) is 2. The maximum atomic E-state index is 11.7. The molecule has 0 saturated heterocycles. The van der Waals surface area contributed by atoms with Crippen LogP contribution in [-0.4, -0.2) is 41.8 Å². The van der Waals surface area contributed by atoms with Gasteiger partial charge in [0.05, 0.1) is 0 Å². The number of carboxylic acid groups (broad SMARTS) is 1. The standard InChI is InChI=1S/C9H7F3O2.C7H9BrN2O3/c10-9(11,12)8(13)14-6-7-4-2-1-3-5-7;8-4-1-2-5(10-7(12)13)6(11)9-3-4/h1-5H,6H2;1,5,10H,2-3H2,(H,9,11)(H,12,13)/t;5-/m.1/s1. The van der Waals surface area contributed by atoms with Crippen molar-refractivity contribution in [1.29, 1.82) is 0 Å². The van der Waals surface area contributed by atoms with Crippen molar-refractivity contribution >= 4 is 33.9 Å². The third-order valence-electron chi connectivity index (χ3n) is 3.06. The second-order valence-electron chi connectivity index (χ2n) is 5.17. The van der Waals surface area contributed by atoms with Crippen molar-refractivity contribution in [3.05, 3.63) is 46.5 Å². The topological polar surface area (TPSA) is 105 Å². The molecular formula is C16H16BrF3N2O5. The minimum Gasteiger partial charge on any atom is -0.465 e. The van der Waals surface area contributed by atoms with Gasteiger partial charge in [-0.2, -0.15) is 13.2 Å². The van der Waals surface area contributed by atoms with Crippen LogP contribution in [0.1, 0.15) is 12.0 Å². The van der Waals surface area contributed by atoms with Crippen molar-refractivity contribution in [1.82, 2.24) is 10.6 Å². The Morgan fingerprint density at radius 3 is 2.48 bits per heavy atom. The summed E-state index contributed by atoms with van der Waals surface area (Å²) in [5.74, 6) is -2.46. The van der Waals surface area contributed by atoms with Gasteiger partial charge in [0.2, 0.25) is 5.91 Å². The Bertz CT molecular complexity index is 695. The van der Waals surface area contributed by atoms with Crippen LogP contribution in [0.25, 0.3) is 0 Å². The highest BCUT2D eigenvalue weighted by molar-refractivity contribution is 9.11. The molecule has 0 radical (unpaired) electrons. The molecular weight excluding hydrogens is 437 g/mol. The number of hydrogen-bond donors (Lipinski definition) is 3. The van der Waals surface area contributed by atoms with Crippen LogP contribution < -0.4 is 10.6 Å². The lowest BCUT2D eigenvalue weighted by atomic mass is 10.2. The minimum absolute atomic E-state index is 0.298. The molecule has 1 heterocycles. The summed E-state index contributed by atoms with van der Waals surface area (Å²) < 4.78 is 39.9. The number of carbonyl (C=O) groups is 3. The van der Waals surface area contributed by atoms with Crippen LogP contribution in [0.4, 0.5) is 18.0 Å². The fourth-order valence-electron chi connectivity index (χ4n) is 1.80. The summed E-state index contributed by atoms with van der Waals surface area (Å²) >= 11 is 3.23. The summed E-state index contributed by atoms with van der Waals surface area (Å²) in [6.07, 6.45) is -3.96. The van der Waals surface area contributed by atoms with E-state index in [0.29, 0.717) is 18.5 Å². The first-order valence-corrected chi connectivity index (χ1v) is 8.28. The smallest absolute Gasteiger partial charge is 0.465 e. The Morgan fingerprint density at radius 1 is 1.30 bits per heavy atom. The Hall–Kier alpha value is -2.56. The molecule has 11 heteroatoms. The molecule has 1 aliphatic heterocycles. The molecule has 0 saturated carbocycles. The molecule has 1 aromatic rings. The molecule has 3 N–H and O–H groups in total. The van der Waals surface area contributed by atoms with Crippen molar-refractivity contribution in [2.75, 3.05) is 6.54 Å². The maximum absolute atomic E-state index is 11.7. The first kappa shape index (κ1) is 22.5. The van der Waals surface area contributed by atoms with Gasteiger partial charge in [-0.3, -0.25) is 4.79 Å². The molecule has 1 atom stereocenters. The predicted octanol–water partition coefficient (Wildman–Crippen LogP) is 2.71. The van der Waals surface area contributed by atoms with E-state index in [9.17, 15) is 27.6 Å². The number of alkyl halides is 3. The largest absolute Gasteiger partial charge is 0.490 e. The fraction of sp³-hybridized carbons (Fsp3) is 0.312. The lowest BCUT2D eigenvalue weighted by Crippen LogP contribution is -2.45. The lowest BCUT2D eigenvalue weighted by molar-refractivity contribution is -0.201. The maximum Gasteiger partial charge on any atom is 0.490 e. The second kappa shape index (κ2) is 10.6. The zero-order valence-corrected chi connectivity index (χ0v) is 15.3. The van der Waals surface area contributed by atoms with Crippen LogP contribution in [0, 0.1) is 0 Å². The zero-order valence-electron chi connectivity index (χ0n) is 13.8. The van der Waals surface area contributed by atoms with Gasteiger partial charge in [-0.05, 0) is 12.0 Å². The number of benzene rings is 1. The highest BCUT2D eigenvalue weighted by atomic mass is 79.9. The van der Waals surface area contributed by atoms with Crippen molar-refractivity contribution in [3.63, 3.8) is 0 Å². The van der Waals surface area contributed by atoms with E-state index >= 15 is 0 Å². The van der Waals surface area contributed by atoms with Crippen LogP contribution in [0.2, 0.25) is 0 Å². The third kappa shape index (κ3) is 9.08. The zero-order chi connectivity index (χ0) is 20.4. The summed E-state index contributed by atoms with van der Waals surface area (Å²) in [6.45, 7) is 0.0514. The third-order valence-corrected chi connectivity index (χ3v) is 3.67. The van der Waals surface area contributed by atoms with Crippen molar-refractivity contribution in [2.45, 2.75) is 25.2 Å². The van der Waals surface area contributed by atoms with Crippen molar-refractivity contribution in [2.24, 2.45) is 0 Å². The number of rotatable bonds is 3. The molecule has 0 fully saturated rings. The predicted molar refractivity (Wildman–Crippen MR) is 91.9 cm³/mol. The van der Waals surface area contributed by atoms with Gasteiger partial charge in [-0.25, -0.2) is 9.59 Å². The van der Waals surface area contributed by atoms with E-state index in [4.69, 9.17) is 5.11 Å². The Morgan fingerprint density at radius 2 is 1.93 bits per heavy atom. The van der Waals surface area contributed by atoms with E-state index in [2.05, 4.69) is 31.3 Å². The minimum atomic E-state index is -4.92. The van der Waals surface area contributed by atoms with Gasteiger partial charge in [0.15, 0.2) is 0 Å². The van der Waals surface area contributed by atoms with Crippen LogP contribution in [0.15, 0.2) is 40.9 Å². The number of ether oxygens (including phenoxy) is 1. The molecule has 27 heavy (non-hydrogen) atoms. The summed E-state index contributed by atoms with van der Waals surface area (Å²) in [6, 6.07) is 7.48. The van der Waals surface area contributed by atoms with E-state index in [1.807, 2.05) is 0 Å².